The molecule has 0 saturated carbocycles. The first-order chi connectivity index (χ1) is 9.42. The van der Waals surface area contributed by atoms with E-state index in [0.29, 0.717) is 0 Å². The van der Waals surface area contributed by atoms with Crippen molar-refractivity contribution < 1.29 is 0 Å². The van der Waals surface area contributed by atoms with Crippen molar-refractivity contribution in [1.29, 1.82) is 0 Å². The molecule has 1 aromatic carbocycles. The number of nitrogens with one attached hydrogen (secondary N) is 1. The minimum Gasteiger partial charge on any atom is -0.308 e. The third-order valence-electron chi connectivity index (χ3n) is 3.18. The van der Waals surface area contributed by atoms with Gasteiger partial charge in [-0.1, -0.05) is 19.1 Å². The number of nitrogens with zero attached hydrogens (tertiary/aromatic N) is 2. The van der Waals surface area contributed by atoms with Crippen molar-refractivity contribution in [1.82, 2.24) is 15.1 Å². The van der Waals surface area contributed by atoms with E-state index in [1.54, 1.807) is 0 Å². The van der Waals surface area contributed by atoms with Gasteiger partial charge in [-0.3, -0.25) is 0 Å². The number of hydrogen-bond donors (Lipinski definition) is 1. The first-order valence-corrected chi connectivity index (χ1v) is 7.77. The van der Waals surface area contributed by atoms with E-state index in [-0.39, 0.29) is 5.54 Å². The number of benzene rings is 1. The maximum Gasteiger partial charge on any atom is 0.0790 e. The van der Waals surface area contributed by atoms with Crippen LogP contribution >= 0.6 is 15.9 Å². The van der Waals surface area contributed by atoms with Gasteiger partial charge in [-0.2, -0.15) is 5.10 Å². The van der Waals surface area contributed by atoms with Gasteiger partial charge in [0.15, 0.2) is 0 Å². The molecule has 1 heterocycles. The summed E-state index contributed by atoms with van der Waals surface area (Å²) >= 11 is 3.60. The Bertz CT molecular complexity index is 582. The van der Waals surface area contributed by atoms with Gasteiger partial charge in [-0.25, -0.2) is 4.68 Å². The molecule has 1 aromatic heterocycles. The second kappa shape index (κ2) is 6.10. The zero-order chi connectivity index (χ0) is 14.8. The summed E-state index contributed by atoms with van der Waals surface area (Å²) in [4.78, 5) is 0. The second-order valence-electron chi connectivity index (χ2n) is 5.94. The highest BCUT2D eigenvalue weighted by Gasteiger charge is 2.15. The average Bonchev–Trinajstić information content (AvgIpc) is 2.79. The molecule has 3 nitrogen and oxygen atoms in total. The van der Waals surface area contributed by atoms with E-state index in [2.05, 4.69) is 60.1 Å². The van der Waals surface area contributed by atoms with E-state index in [0.717, 1.165) is 23.1 Å². The standard InChI is InChI=1S/C16H22BrN3/c1-5-14-12(10-18-16(2,3)4)11-19-20(14)15-9-7-6-8-13(15)17/h6-9,11,18H,5,10H2,1-4H3. The van der Waals surface area contributed by atoms with Crippen LogP contribution in [0.2, 0.25) is 0 Å². The number of aromatic nitrogens is 2. The van der Waals surface area contributed by atoms with E-state index >= 15 is 0 Å². The average molecular weight is 336 g/mol. The van der Waals surface area contributed by atoms with Gasteiger partial charge in [0.05, 0.1) is 11.9 Å². The van der Waals surface area contributed by atoms with Crippen molar-refractivity contribution in [2.75, 3.05) is 0 Å². The van der Waals surface area contributed by atoms with Crippen LogP contribution in [0.1, 0.15) is 39.0 Å². The lowest BCUT2D eigenvalue weighted by atomic mass is 10.1. The molecule has 0 aliphatic heterocycles. The first kappa shape index (κ1) is 15.3. The van der Waals surface area contributed by atoms with Crippen LogP contribution in [0.25, 0.3) is 5.69 Å². The second-order valence-corrected chi connectivity index (χ2v) is 6.79. The Morgan fingerprint density at radius 3 is 2.55 bits per heavy atom. The molecule has 0 spiro atoms. The van der Waals surface area contributed by atoms with Crippen molar-refractivity contribution >= 4 is 15.9 Å². The summed E-state index contributed by atoms with van der Waals surface area (Å²) in [7, 11) is 0. The third kappa shape index (κ3) is 3.49. The monoisotopic (exact) mass is 335 g/mol. The topological polar surface area (TPSA) is 29.9 Å². The van der Waals surface area contributed by atoms with E-state index in [1.165, 1.54) is 11.3 Å². The zero-order valence-electron chi connectivity index (χ0n) is 12.6. The van der Waals surface area contributed by atoms with Crippen LogP contribution in [0.4, 0.5) is 0 Å². The Hall–Kier alpha value is -1.13. The summed E-state index contributed by atoms with van der Waals surface area (Å²) < 4.78 is 3.09. The fourth-order valence-corrected chi connectivity index (χ4v) is 2.58. The molecule has 0 radical (unpaired) electrons. The maximum absolute atomic E-state index is 4.57. The summed E-state index contributed by atoms with van der Waals surface area (Å²) in [6.45, 7) is 9.55. The van der Waals surface area contributed by atoms with Gasteiger partial charge >= 0.3 is 0 Å². The summed E-state index contributed by atoms with van der Waals surface area (Å²) in [6, 6.07) is 8.18. The van der Waals surface area contributed by atoms with Crippen molar-refractivity contribution in [3.05, 3.63) is 46.2 Å². The molecule has 0 bridgehead atoms. The Labute approximate surface area is 129 Å². The molecule has 0 aliphatic rings. The SMILES string of the molecule is CCc1c(CNC(C)(C)C)cnn1-c1ccccc1Br. The van der Waals surface area contributed by atoms with Crippen molar-refractivity contribution in [2.24, 2.45) is 0 Å². The van der Waals surface area contributed by atoms with Gasteiger partial charge in [0.25, 0.3) is 0 Å². The lowest BCUT2D eigenvalue weighted by molar-refractivity contribution is 0.423. The highest BCUT2D eigenvalue weighted by molar-refractivity contribution is 9.10. The first-order valence-electron chi connectivity index (χ1n) is 6.98. The summed E-state index contributed by atoms with van der Waals surface area (Å²) in [6.07, 6.45) is 2.93. The molecular formula is C16H22BrN3. The van der Waals surface area contributed by atoms with Crippen LogP contribution in [-0.2, 0) is 13.0 Å². The molecule has 108 valence electrons. The molecule has 20 heavy (non-hydrogen) atoms. The minimum atomic E-state index is 0.112. The van der Waals surface area contributed by atoms with E-state index in [9.17, 15) is 0 Å². The van der Waals surface area contributed by atoms with Crippen LogP contribution < -0.4 is 5.32 Å². The van der Waals surface area contributed by atoms with Crippen LogP contribution in [-0.4, -0.2) is 15.3 Å². The molecule has 0 unspecified atom stereocenters. The summed E-state index contributed by atoms with van der Waals surface area (Å²) in [5, 5.41) is 8.09. The highest BCUT2D eigenvalue weighted by atomic mass is 79.9. The Morgan fingerprint density at radius 2 is 1.95 bits per heavy atom. The fraction of sp³-hybridized carbons (Fsp3) is 0.438. The Balaban J connectivity index is 2.33. The highest BCUT2D eigenvalue weighted by Crippen LogP contribution is 2.23. The van der Waals surface area contributed by atoms with Gasteiger partial charge in [0, 0.05) is 27.8 Å². The molecule has 1 N–H and O–H groups in total. The largest absolute Gasteiger partial charge is 0.308 e. The van der Waals surface area contributed by atoms with Crippen molar-refractivity contribution in [3.8, 4) is 5.69 Å². The Morgan fingerprint density at radius 1 is 1.25 bits per heavy atom. The van der Waals surface area contributed by atoms with Gasteiger partial charge in [-0.05, 0) is 55.3 Å². The fourth-order valence-electron chi connectivity index (χ4n) is 2.12. The quantitative estimate of drug-likeness (QED) is 0.912. The van der Waals surface area contributed by atoms with Crippen LogP contribution in [0.5, 0.6) is 0 Å². The van der Waals surface area contributed by atoms with E-state index in [1.807, 2.05) is 29.1 Å². The van der Waals surface area contributed by atoms with Crippen molar-refractivity contribution in [3.63, 3.8) is 0 Å². The predicted octanol–water partition coefficient (Wildman–Crippen LogP) is 4.09. The van der Waals surface area contributed by atoms with Crippen LogP contribution in [0.15, 0.2) is 34.9 Å². The van der Waals surface area contributed by atoms with Gasteiger partial charge in [0.2, 0.25) is 0 Å². The minimum absolute atomic E-state index is 0.112. The van der Waals surface area contributed by atoms with Gasteiger partial charge < -0.3 is 5.32 Å². The molecule has 0 aliphatic carbocycles. The predicted molar refractivity (Wildman–Crippen MR) is 87.2 cm³/mol. The molecule has 0 atom stereocenters. The normalized spacial score (nSPS) is 11.8. The summed E-state index contributed by atoms with van der Waals surface area (Å²) in [5.41, 5.74) is 3.72. The molecule has 0 amide bonds. The lowest BCUT2D eigenvalue weighted by Crippen LogP contribution is -2.35. The molecule has 4 heteroatoms. The van der Waals surface area contributed by atoms with Gasteiger partial charge in [0.1, 0.15) is 0 Å². The molecular weight excluding hydrogens is 314 g/mol. The maximum atomic E-state index is 4.57. The number of hydrogen-bond acceptors (Lipinski definition) is 2. The molecule has 2 aromatic rings. The molecule has 2 rings (SSSR count). The third-order valence-corrected chi connectivity index (χ3v) is 3.85. The smallest absolute Gasteiger partial charge is 0.0790 e. The summed E-state index contributed by atoms with van der Waals surface area (Å²) in [5.74, 6) is 0. The number of halogens is 1. The number of rotatable bonds is 4. The van der Waals surface area contributed by atoms with Gasteiger partial charge in [-0.15, -0.1) is 0 Å². The zero-order valence-corrected chi connectivity index (χ0v) is 14.2. The van der Waals surface area contributed by atoms with Crippen LogP contribution in [0.3, 0.4) is 0 Å². The van der Waals surface area contributed by atoms with E-state index < -0.39 is 0 Å². The van der Waals surface area contributed by atoms with Crippen LogP contribution in [0, 0.1) is 0 Å². The lowest BCUT2D eigenvalue weighted by Gasteiger charge is -2.20. The molecule has 0 fully saturated rings. The van der Waals surface area contributed by atoms with E-state index in [4.69, 9.17) is 0 Å². The molecule has 0 saturated heterocycles. The Kier molecular flexibility index (Phi) is 4.66. The van der Waals surface area contributed by atoms with Crippen molar-refractivity contribution in [2.45, 2.75) is 46.2 Å². The number of para-hydroxylation sites is 1.